The van der Waals surface area contributed by atoms with Crippen molar-refractivity contribution in [1.82, 2.24) is 20.5 Å². The van der Waals surface area contributed by atoms with Crippen LogP contribution >= 0.6 is 35.3 Å². The number of halogens is 1. The summed E-state index contributed by atoms with van der Waals surface area (Å²) in [6, 6.07) is 0. The number of amides is 1. The number of rotatable bonds is 7. The number of aromatic nitrogens is 1. The van der Waals surface area contributed by atoms with Crippen molar-refractivity contribution < 1.29 is 4.79 Å². The highest BCUT2D eigenvalue weighted by atomic mass is 127. The number of hydrogen-bond donors (Lipinski definition) is 2. The molecule has 0 unspecified atom stereocenters. The molecular formula is C19H34IN5OS. The molecule has 1 amide bonds. The third kappa shape index (κ3) is 6.58. The fraction of sp³-hybridized carbons (Fsp3) is 0.737. The van der Waals surface area contributed by atoms with Crippen LogP contribution in [0.15, 0.2) is 4.99 Å². The van der Waals surface area contributed by atoms with E-state index in [1.807, 2.05) is 14.1 Å². The Kier molecular flexibility index (Phi) is 10.0. The average molecular weight is 507 g/mol. The first-order valence-corrected chi connectivity index (χ1v) is 10.4. The largest absolute Gasteiger partial charge is 0.357 e. The lowest BCUT2D eigenvalue weighted by molar-refractivity contribution is -0.138. The van der Waals surface area contributed by atoms with Crippen molar-refractivity contribution in [2.24, 2.45) is 10.4 Å². The minimum Gasteiger partial charge on any atom is -0.357 e. The van der Waals surface area contributed by atoms with Gasteiger partial charge >= 0.3 is 0 Å². The quantitative estimate of drug-likeness (QED) is 0.338. The molecule has 0 aliphatic heterocycles. The molecule has 0 saturated heterocycles. The summed E-state index contributed by atoms with van der Waals surface area (Å²) in [4.78, 5) is 25.0. The Hall–Kier alpha value is -0.900. The van der Waals surface area contributed by atoms with Gasteiger partial charge in [-0.1, -0.05) is 12.8 Å². The lowest BCUT2D eigenvalue weighted by atomic mass is 9.85. The number of guanidine groups is 1. The van der Waals surface area contributed by atoms with Gasteiger partial charge in [0.2, 0.25) is 5.91 Å². The van der Waals surface area contributed by atoms with E-state index in [1.165, 1.54) is 4.88 Å². The van der Waals surface area contributed by atoms with Crippen molar-refractivity contribution in [3.05, 3.63) is 15.6 Å². The monoisotopic (exact) mass is 507 g/mol. The zero-order chi connectivity index (χ0) is 19.2. The normalized spacial score (nSPS) is 16.0. The summed E-state index contributed by atoms with van der Waals surface area (Å²) >= 11 is 1.76. The Balaban J connectivity index is 0.00000364. The first-order chi connectivity index (χ1) is 12.4. The summed E-state index contributed by atoms with van der Waals surface area (Å²) in [6.45, 7) is 8.36. The number of carbonyl (C=O) groups excluding carboxylic acids is 1. The molecule has 1 aliphatic carbocycles. The fourth-order valence-corrected chi connectivity index (χ4v) is 4.41. The standard InChI is InChI=1S/C19H33N5OS.HI/c1-6-20-18(21-12-9-16-23-14(2)15(3)26-16)22-13-19(10-7-8-11-19)17(25)24(4)5;/h6-13H2,1-5H3,(H2,20,21,22);1H. The van der Waals surface area contributed by atoms with Crippen LogP contribution in [0.25, 0.3) is 0 Å². The highest BCUT2D eigenvalue weighted by molar-refractivity contribution is 14.0. The van der Waals surface area contributed by atoms with Crippen LogP contribution in [0.5, 0.6) is 0 Å². The molecule has 0 atom stereocenters. The Morgan fingerprint density at radius 1 is 1.26 bits per heavy atom. The first kappa shape index (κ1) is 24.1. The van der Waals surface area contributed by atoms with Gasteiger partial charge in [-0.2, -0.15) is 0 Å². The van der Waals surface area contributed by atoms with Gasteiger partial charge in [0.15, 0.2) is 5.96 Å². The van der Waals surface area contributed by atoms with Crippen LogP contribution < -0.4 is 10.6 Å². The lowest BCUT2D eigenvalue weighted by Crippen LogP contribution is -2.43. The van der Waals surface area contributed by atoms with E-state index in [4.69, 9.17) is 4.99 Å². The Labute approximate surface area is 184 Å². The van der Waals surface area contributed by atoms with E-state index < -0.39 is 0 Å². The predicted molar refractivity (Wildman–Crippen MR) is 124 cm³/mol. The Bertz CT molecular complexity index is 619. The summed E-state index contributed by atoms with van der Waals surface area (Å²) in [5.41, 5.74) is 0.797. The molecule has 2 N–H and O–H groups in total. The molecule has 0 bridgehead atoms. The summed E-state index contributed by atoms with van der Waals surface area (Å²) in [7, 11) is 3.68. The van der Waals surface area contributed by atoms with E-state index >= 15 is 0 Å². The van der Waals surface area contributed by atoms with Gasteiger partial charge in [0, 0.05) is 38.5 Å². The van der Waals surface area contributed by atoms with Crippen molar-refractivity contribution in [3.8, 4) is 0 Å². The molecule has 6 nitrogen and oxygen atoms in total. The highest BCUT2D eigenvalue weighted by Gasteiger charge is 2.42. The molecule has 1 aliphatic rings. The van der Waals surface area contributed by atoms with Gasteiger partial charge in [-0.05, 0) is 33.6 Å². The highest BCUT2D eigenvalue weighted by Crippen LogP contribution is 2.39. The van der Waals surface area contributed by atoms with Crippen LogP contribution in [0.1, 0.15) is 48.2 Å². The van der Waals surface area contributed by atoms with Gasteiger partial charge in [-0.3, -0.25) is 9.79 Å². The minimum absolute atomic E-state index is 0. The molecule has 0 radical (unpaired) electrons. The smallest absolute Gasteiger partial charge is 0.230 e. The van der Waals surface area contributed by atoms with Crippen LogP contribution in [0.3, 0.4) is 0 Å². The molecule has 27 heavy (non-hydrogen) atoms. The van der Waals surface area contributed by atoms with Crippen molar-refractivity contribution >= 4 is 47.2 Å². The maximum atomic E-state index is 12.7. The third-order valence-electron chi connectivity index (χ3n) is 5.01. The zero-order valence-corrected chi connectivity index (χ0v) is 20.4. The third-order valence-corrected chi connectivity index (χ3v) is 6.14. The van der Waals surface area contributed by atoms with Crippen molar-refractivity contribution in [3.63, 3.8) is 0 Å². The number of hydrogen-bond acceptors (Lipinski definition) is 4. The number of thiazole rings is 1. The van der Waals surface area contributed by atoms with E-state index in [1.54, 1.807) is 16.2 Å². The molecule has 1 saturated carbocycles. The number of carbonyl (C=O) groups is 1. The van der Waals surface area contributed by atoms with Crippen LogP contribution in [-0.2, 0) is 11.2 Å². The second kappa shape index (κ2) is 11.2. The second-order valence-electron chi connectivity index (χ2n) is 7.31. The maximum absolute atomic E-state index is 12.7. The molecular weight excluding hydrogens is 473 g/mol. The number of nitrogens with zero attached hydrogens (tertiary/aromatic N) is 3. The van der Waals surface area contributed by atoms with Crippen LogP contribution in [0, 0.1) is 19.3 Å². The summed E-state index contributed by atoms with van der Waals surface area (Å²) in [6.07, 6.45) is 4.98. The van der Waals surface area contributed by atoms with Crippen LogP contribution in [0.4, 0.5) is 0 Å². The van der Waals surface area contributed by atoms with Crippen LogP contribution in [0.2, 0.25) is 0 Å². The summed E-state index contributed by atoms with van der Waals surface area (Å²) < 4.78 is 0. The van der Waals surface area contributed by atoms with E-state index in [0.717, 1.165) is 61.9 Å². The Morgan fingerprint density at radius 3 is 2.44 bits per heavy atom. The van der Waals surface area contributed by atoms with Gasteiger partial charge in [-0.15, -0.1) is 35.3 Å². The van der Waals surface area contributed by atoms with Crippen molar-refractivity contribution in [2.45, 2.75) is 52.9 Å². The van der Waals surface area contributed by atoms with Gasteiger partial charge in [-0.25, -0.2) is 4.98 Å². The molecule has 2 rings (SSSR count). The molecule has 1 fully saturated rings. The molecule has 0 aromatic carbocycles. The molecule has 8 heteroatoms. The summed E-state index contributed by atoms with van der Waals surface area (Å²) in [5.74, 6) is 0.999. The van der Waals surface area contributed by atoms with Crippen LogP contribution in [-0.4, -0.2) is 55.5 Å². The molecule has 1 heterocycles. The summed E-state index contributed by atoms with van der Waals surface area (Å²) in [5, 5.41) is 7.83. The minimum atomic E-state index is -0.324. The molecule has 1 aromatic heterocycles. The lowest BCUT2D eigenvalue weighted by Gasteiger charge is -2.29. The van der Waals surface area contributed by atoms with Gasteiger partial charge < -0.3 is 15.5 Å². The topological polar surface area (TPSA) is 69.6 Å². The van der Waals surface area contributed by atoms with E-state index in [9.17, 15) is 4.79 Å². The second-order valence-corrected chi connectivity index (χ2v) is 8.60. The fourth-order valence-electron chi connectivity index (χ4n) is 3.47. The van der Waals surface area contributed by atoms with Crippen molar-refractivity contribution in [2.75, 3.05) is 33.7 Å². The number of aryl methyl sites for hydroxylation is 2. The first-order valence-electron chi connectivity index (χ1n) is 9.55. The van der Waals surface area contributed by atoms with Gasteiger partial charge in [0.1, 0.15) is 0 Å². The molecule has 154 valence electrons. The average Bonchev–Trinajstić information content (AvgIpc) is 3.20. The van der Waals surface area contributed by atoms with E-state index in [0.29, 0.717) is 6.54 Å². The maximum Gasteiger partial charge on any atom is 0.230 e. The van der Waals surface area contributed by atoms with Crippen molar-refractivity contribution in [1.29, 1.82) is 0 Å². The number of aliphatic imine (C=N–C) groups is 1. The van der Waals surface area contributed by atoms with E-state index in [-0.39, 0.29) is 35.3 Å². The molecule has 1 aromatic rings. The number of nitrogens with one attached hydrogen (secondary N) is 2. The van der Waals surface area contributed by atoms with Gasteiger partial charge in [0.25, 0.3) is 0 Å². The molecule has 0 spiro atoms. The SMILES string of the molecule is CCNC(=NCC1(C(=O)N(C)C)CCCC1)NCCc1nc(C)c(C)s1.I. The predicted octanol–water partition coefficient (Wildman–Crippen LogP) is 3.12. The van der Waals surface area contributed by atoms with E-state index in [2.05, 4.69) is 36.4 Å². The Morgan fingerprint density at radius 2 is 1.93 bits per heavy atom. The zero-order valence-electron chi connectivity index (χ0n) is 17.2. The van der Waals surface area contributed by atoms with Gasteiger partial charge in [0.05, 0.1) is 22.7 Å².